The molecule has 0 bridgehead atoms. The van der Waals surface area contributed by atoms with Crippen LogP contribution < -0.4 is 5.32 Å². The molecule has 3 rings (SSSR count). The van der Waals surface area contributed by atoms with Gasteiger partial charge in [-0.3, -0.25) is 4.79 Å². The maximum Gasteiger partial charge on any atom is 0.244 e. The summed E-state index contributed by atoms with van der Waals surface area (Å²) in [6.45, 7) is 0.135. The molecule has 0 saturated carbocycles. The second-order valence-corrected chi connectivity index (χ2v) is 9.05. The Morgan fingerprint density at radius 2 is 1.93 bits per heavy atom. The maximum absolute atomic E-state index is 14.5. The lowest BCUT2D eigenvalue weighted by Gasteiger charge is -2.29. The van der Waals surface area contributed by atoms with Crippen LogP contribution >= 0.6 is 11.6 Å². The third kappa shape index (κ3) is 4.75. The Morgan fingerprint density at radius 1 is 1.21 bits per heavy atom. The number of carbonyl (C=O) groups excluding carboxylic acids is 1. The van der Waals surface area contributed by atoms with Crippen LogP contribution in [0.3, 0.4) is 0 Å². The second-order valence-electron chi connectivity index (χ2n) is 6.72. The van der Waals surface area contributed by atoms with Crippen LogP contribution in [-0.4, -0.2) is 31.2 Å². The molecule has 1 heterocycles. The molecule has 0 radical (unpaired) electrons. The summed E-state index contributed by atoms with van der Waals surface area (Å²) in [6.07, 6.45) is 1.73. The first-order chi connectivity index (χ1) is 13.8. The molecule has 9 heteroatoms. The van der Waals surface area contributed by atoms with Crippen LogP contribution in [0.4, 0.5) is 4.39 Å². The number of sulfonamides is 1. The van der Waals surface area contributed by atoms with Gasteiger partial charge >= 0.3 is 0 Å². The quantitative estimate of drug-likeness (QED) is 0.780. The van der Waals surface area contributed by atoms with Crippen molar-refractivity contribution in [3.05, 3.63) is 64.4 Å². The van der Waals surface area contributed by atoms with Gasteiger partial charge in [0.25, 0.3) is 0 Å². The molecular formula is C20H19ClFN3O3S. The summed E-state index contributed by atoms with van der Waals surface area (Å²) < 4.78 is 42.3. The number of rotatable bonds is 5. The predicted molar refractivity (Wildman–Crippen MR) is 106 cm³/mol. The Hall–Kier alpha value is -2.47. The van der Waals surface area contributed by atoms with E-state index in [2.05, 4.69) is 5.32 Å². The minimum atomic E-state index is -4.12. The van der Waals surface area contributed by atoms with Crippen molar-refractivity contribution in [2.24, 2.45) is 0 Å². The highest BCUT2D eigenvalue weighted by molar-refractivity contribution is 7.89. The lowest BCUT2D eigenvalue weighted by molar-refractivity contribution is -0.124. The van der Waals surface area contributed by atoms with E-state index in [9.17, 15) is 17.6 Å². The Bertz CT molecular complexity index is 1050. The highest BCUT2D eigenvalue weighted by atomic mass is 35.5. The standard InChI is InChI=1S/C20H19ClFN3O3S/c21-16-6-8-17(9-7-16)29(27,28)25(19-3-1-2-10-24-20(19)26)13-15-5-4-14(12-23)11-18(15)22/h4-9,11,19H,1-3,10,13H2,(H,24,26)/t19-/m1/s1. The van der Waals surface area contributed by atoms with Gasteiger partial charge in [0.1, 0.15) is 11.9 Å². The van der Waals surface area contributed by atoms with E-state index in [1.165, 1.54) is 36.4 Å². The topological polar surface area (TPSA) is 90.3 Å². The van der Waals surface area contributed by atoms with Crippen LogP contribution in [0.5, 0.6) is 0 Å². The molecule has 2 aromatic carbocycles. The van der Waals surface area contributed by atoms with Crippen molar-refractivity contribution in [1.82, 2.24) is 9.62 Å². The van der Waals surface area contributed by atoms with Crippen LogP contribution in [0, 0.1) is 17.1 Å². The normalized spacial score (nSPS) is 17.4. The van der Waals surface area contributed by atoms with E-state index >= 15 is 0 Å². The molecular weight excluding hydrogens is 417 g/mol. The van der Waals surface area contributed by atoms with E-state index in [1.54, 1.807) is 0 Å². The molecule has 1 N–H and O–H groups in total. The van der Waals surface area contributed by atoms with Gasteiger partial charge < -0.3 is 5.32 Å². The minimum absolute atomic E-state index is 0.0343. The van der Waals surface area contributed by atoms with Crippen molar-refractivity contribution in [2.75, 3.05) is 6.54 Å². The SMILES string of the molecule is N#Cc1ccc(CN([C@@H]2CCCCNC2=O)S(=O)(=O)c2ccc(Cl)cc2)c(F)c1. The van der Waals surface area contributed by atoms with Gasteiger partial charge in [0.15, 0.2) is 0 Å². The van der Waals surface area contributed by atoms with Crippen LogP contribution in [0.25, 0.3) is 0 Å². The monoisotopic (exact) mass is 435 g/mol. The number of halogens is 2. The molecule has 0 spiro atoms. The number of nitrogens with one attached hydrogen (secondary N) is 1. The van der Waals surface area contributed by atoms with Gasteiger partial charge in [-0.05, 0) is 55.7 Å². The first-order valence-corrected chi connectivity index (χ1v) is 10.9. The van der Waals surface area contributed by atoms with Gasteiger partial charge in [-0.15, -0.1) is 0 Å². The largest absolute Gasteiger partial charge is 0.355 e. The van der Waals surface area contributed by atoms with Crippen molar-refractivity contribution in [1.29, 1.82) is 5.26 Å². The fraction of sp³-hybridized carbons (Fsp3) is 0.300. The lowest BCUT2D eigenvalue weighted by atomic mass is 10.1. The Labute approximate surface area is 173 Å². The highest BCUT2D eigenvalue weighted by Gasteiger charge is 2.37. The average molecular weight is 436 g/mol. The molecule has 0 aliphatic carbocycles. The van der Waals surface area contributed by atoms with Crippen molar-refractivity contribution in [2.45, 2.75) is 36.7 Å². The molecule has 1 aliphatic heterocycles. The molecule has 2 aromatic rings. The first-order valence-electron chi connectivity index (χ1n) is 9.06. The Balaban J connectivity index is 2.05. The van der Waals surface area contributed by atoms with Crippen LogP contribution in [-0.2, 0) is 21.4 Å². The van der Waals surface area contributed by atoms with Crippen molar-refractivity contribution in [3.8, 4) is 6.07 Å². The molecule has 0 unspecified atom stereocenters. The predicted octanol–water partition coefficient (Wildman–Crippen LogP) is 3.21. The van der Waals surface area contributed by atoms with E-state index < -0.39 is 27.8 Å². The average Bonchev–Trinajstić information content (AvgIpc) is 2.91. The molecule has 1 aliphatic rings. The summed E-state index contributed by atoms with van der Waals surface area (Å²) in [5.74, 6) is -1.11. The van der Waals surface area contributed by atoms with E-state index in [-0.39, 0.29) is 22.6 Å². The number of benzene rings is 2. The number of nitrogens with zero attached hydrogens (tertiary/aromatic N) is 2. The molecule has 29 heavy (non-hydrogen) atoms. The summed E-state index contributed by atoms with van der Waals surface area (Å²) in [7, 11) is -4.12. The van der Waals surface area contributed by atoms with Gasteiger partial charge in [0, 0.05) is 23.7 Å². The molecule has 0 aromatic heterocycles. The zero-order valence-corrected chi connectivity index (χ0v) is 17.0. The molecule has 6 nitrogen and oxygen atoms in total. The van der Waals surface area contributed by atoms with Gasteiger partial charge in [-0.25, -0.2) is 12.8 Å². The fourth-order valence-corrected chi connectivity index (χ4v) is 4.94. The Morgan fingerprint density at radius 3 is 2.59 bits per heavy atom. The molecule has 1 atom stereocenters. The van der Waals surface area contributed by atoms with Crippen LogP contribution in [0.2, 0.25) is 5.02 Å². The molecule has 152 valence electrons. The summed E-state index contributed by atoms with van der Waals surface area (Å²) in [5.41, 5.74) is 0.212. The molecule has 1 amide bonds. The zero-order chi connectivity index (χ0) is 21.0. The lowest BCUT2D eigenvalue weighted by Crippen LogP contribution is -2.48. The highest BCUT2D eigenvalue weighted by Crippen LogP contribution is 2.26. The minimum Gasteiger partial charge on any atom is -0.355 e. The number of amides is 1. The van der Waals surface area contributed by atoms with Crippen molar-refractivity contribution < 1.29 is 17.6 Å². The van der Waals surface area contributed by atoms with Crippen LogP contribution in [0.1, 0.15) is 30.4 Å². The number of carbonyl (C=O) groups is 1. The van der Waals surface area contributed by atoms with Gasteiger partial charge in [0.05, 0.1) is 16.5 Å². The summed E-state index contributed by atoms with van der Waals surface area (Å²) in [6, 6.07) is 10.3. The zero-order valence-electron chi connectivity index (χ0n) is 15.4. The summed E-state index contributed by atoms with van der Waals surface area (Å²) in [5, 5.41) is 12.0. The van der Waals surface area contributed by atoms with E-state index in [4.69, 9.17) is 16.9 Å². The third-order valence-corrected chi connectivity index (χ3v) is 6.90. The second kappa shape index (κ2) is 8.91. The third-order valence-electron chi connectivity index (χ3n) is 4.78. The first kappa shape index (κ1) is 21.2. The van der Waals surface area contributed by atoms with E-state index in [1.807, 2.05) is 6.07 Å². The Kier molecular flexibility index (Phi) is 6.52. The van der Waals surface area contributed by atoms with Crippen molar-refractivity contribution >= 4 is 27.5 Å². The van der Waals surface area contributed by atoms with E-state index in [0.29, 0.717) is 24.4 Å². The summed E-state index contributed by atoms with van der Waals surface area (Å²) >= 11 is 5.87. The maximum atomic E-state index is 14.5. The fourth-order valence-electron chi connectivity index (χ4n) is 3.22. The van der Waals surface area contributed by atoms with Crippen LogP contribution in [0.15, 0.2) is 47.4 Å². The van der Waals surface area contributed by atoms with Gasteiger partial charge in [-0.2, -0.15) is 9.57 Å². The number of hydrogen-bond donors (Lipinski definition) is 1. The van der Waals surface area contributed by atoms with Crippen molar-refractivity contribution in [3.63, 3.8) is 0 Å². The summed E-state index contributed by atoms with van der Waals surface area (Å²) in [4.78, 5) is 12.6. The molecule has 1 saturated heterocycles. The van der Waals surface area contributed by atoms with Gasteiger partial charge in [0.2, 0.25) is 15.9 Å². The smallest absolute Gasteiger partial charge is 0.244 e. The van der Waals surface area contributed by atoms with E-state index in [0.717, 1.165) is 16.8 Å². The number of hydrogen-bond acceptors (Lipinski definition) is 4. The molecule has 1 fully saturated rings. The number of nitriles is 1. The van der Waals surface area contributed by atoms with Gasteiger partial charge in [-0.1, -0.05) is 17.7 Å².